The Bertz CT molecular complexity index is 733. The van der Waals surface area contributed by atoms with Crippen molar-refractivity contribution in [3.8, 4) is 0 Å². The zero-order valence-electron chi connectivity index (χ0n) is 17.1. The first-order valence-corrected chi connectivity index (χ1v) is 10.5. The number of carbonyl (C=O) groups is 2. The summed E-state index contributed by atoms with van der Waals surface area (Å²) < 4.78 is 5.33. The van der Waals surface area contributed by atoms with E-state index >= 15 is 0 Å². The summed E-state index contributed by atoms with van der Waals surface area (Å²) in [5.41, 5.74) is 0. The Balaban J connectivity index is 1.50. The SMILES string of the molecule is CC(C)Cc1noc(CN(C)C(=O)[C@H]2[C@@H]3CNC[C@@H](C3)[C@@H]3CCCC(=O)N32)n1. The van der Waals surface area contributed by atoms with E-state index in [4.69, 9.17) is 4.52 Å². The maximum Gasteiger partial charge on any atom is 0.246 e. The fourth-order valence-electron chi connectivity index (χ4n) is 5.14. The van der Waals surface area contributed by atoms with Gasteiger partial charge in [0.05, 0.1) is 6.54 Å². The van der Waals surface area contributed by atoms with Crippen LogP contribution >= 0.6 is 0 Å². The Kier molecular flexibility index (Phi) is 5.40. The highest BCUT2D eigenvalue weighted by Gasteiger charge is 2.51. The molecule has 1 aromatic rings. The molecule has 4 heterocycles. The summed E-state index contributed by atoms with van der Waals surface area (Å²) in [4.78, 5) is 34.1. The van der Waals surface area contributed by atoms with Crippen LogP contribution in [0.2, 0.25) is 0 Å². The zero-order valence-corrected chi connectivity index (χ0v) is 17.1. The lowest BCUT2D eigenvalue weighted by Crippen LogP contribution is -2.68. The van der Waals surface area contributed by atoms with Gasteiger partial charge in [-0.1, -0.05) is 19.0 Å². The molecule has 4 rings (SSSR count). The smallest absolute Gasteiger partial charge is 0.246 e. The lowest BCUT2D eigenvalue weighted by atomic mass is 9.72. The van der Waals surface area contributed by atoms with Crippen molar-refractivity contribution in [3.63, 3.8) is 0 Å². The minimum absolute atomic E-state index is 0.0176. The second-order valence-corrected chi connectivity index (χ2v) is 9.02. The van der Waals surface area contributed by atoms with Gasteiger partial charge >= 0.3 is 0 Å². The number of piperidine rings is 3. The third kappa shape index (κ3) is 3.66. The minimum Gasteiger partial charge on any atom is -0.337 e. The Labute approximate surface area is 166 Å². The lowest BCUT2D eigenvalue weighted by molar-refractivity contribution is -0.161. The van der Waals surface area contributed by atoms with Gasteiger partial charge in [-0.2, -0.15) is 4.98 Å². The van der Waals surface area contributed by atoms with Crippen LogP contribution in [-0.2, 0) is 22.6 Å². The molecule has 0 spiro atoms. The topological polar surface area (TPSA) is 91.6 Å². The molecule has 154 valence electrons. The van der Waals surface area contributed by atoms with Crippen molar-refractivity contribution in [2.24, 2.45) is 17.8 Å². The fraction of sp³-hybridized carbons (Fsp3) is 0.800. The Hall–Kier alpha value is -1.96. The first-order valence-electron chi connectivity index (χ1n) is 10.5. The van der Waals surface area contributed by atoms with E-state index in [2.05, 4.69) is 29.3 Å². The molecular weight excluding hydrogens is 358 g/mol. The summed E-state index contributed by atoms with van der Waals surface area (Å²) in [6, 6.07) is -0.196. The summed E-state index contributed by atoms with van der Waals surface area (Å²) in [5.74, 6) is 2.32. The molecule has 1 N–H and O–H groups in total. The van der Waals surface area contributed by atoms with Crippen molar-refractivity contribution in [1.82, 2.24) is 25.3 Å². The summed E-state index contributed by atoms with van der Waals surface area (Å²) in [6.45, 7) is 6.22. The number of amides is 2. The van der Waals surface area contributed by atoms with Gasteiger partial charge in [-0.05, 0) is 37.6 Å². The van der Waals surface area contributed by atoms with Crippen LogP contribution in [0.5, 0.6) is 0 Å². The predicted octanol–water partition coefficient (Wildman–Crippen LogP) is 1.22. The van der Waals surface area contributed by atoms with Crippen LogP contribution in [0.25, 0.3) is 0 Å². The Morgan fingerprint density at radius 2 is 2.14 bits per heavy atom. The number of fused-ring (bicyclic) bond motifs is 4. The monoisotopic (exact) mass is 389 g/mol. The van der Waals surface area contributed by atoms with E-state index in [9.17, 15) is 9.59 Å². The van der Waals surface area contributed by atoms with Gasteiger partial charge in [0.1, 0.15) is 6.04 Å². The highest BCUT2D eigenvalue weighted by Crippen LogP contribution is 2.40. The molecular formula is C20H31N5O3. The molecule has 28 heavy (non-hydrogen) atoms. The maximum atomic E-state index is 13.4. The van der Waals surface area contributed by atoms with Crippen molar-refractivity contribution in [2.45, 2.75) is 64.6 Å². The molecule has 0 aliphatic carbocycles. The summed E-state index contributed by atoms with van der Waals surface area (Å²) in [6.07, 6.45) is 4.26. The van der Waals surface area contributed by atoms with Crippen LogP contribution in [0.4, 0.5) is 0 Å². The summed E-state index contributed by atoms with van der Waals surface area (Å²) in [7, 11) is 1.76. The van der Waals surface area contributed by atoms with E-state index in [1.165, 1.54) is 0 Å². The first-order chi connectivity index (χ1) is 13.4. The van der Waals surface area contributed by atoms with Gasteiger partial charge in [0, 0.05) is 38.4 Å². The van der Waals surface area contributed by atoms with Crippen molar-refractivity contribution >= 4 is 11.8 Å². The minimum atomic E-state index is -0.384. The number of hydrogen-bond donors (Lipinski definition) is 1. The second kappa shape index (κ2) is 7.81. The highest BCUT2D eigenvalue weighted by atomic mass is 16.5. The first kappa shape index (κ1) is 19.4. The molecule has 1 aromatic heterocycles. The van der Waals surface area contributed by atoms with Crippen LogP contribution in [0.15, 0.2) is 4.52 Å². The molecule has 4 atom stereocenters. The van der Waals surface area contributed by atoms with Gasteiger partial charge in [-0.25, -0.2) is 0 Å². The predicted molar refractivity (Wildman–Crippen MR) is 102 cm³/mol. The maximum absolute atomic E-state index is 13.4. The molecule has 2 bridgehead atoms. The number of likely N-dealkylation sites (N-methyl/N-ethyl adjacent to an activating group) is 1. The molecule has 3 aliphatic rings. The van der Waals surface area contributed by atoms with Crippen molar-refractivity contribution in [1.29, 1.82) is 0 Å². The van der Waals surface area contributed by atoms with Crippen LogP contribution in [0.3, 0.4) is 0 Å². The number of hydrogen-bond acceptors (Lipinski definition) is 6. The van der Waals surface area contributed by atoms with E-state index in [-0.39, 0.29) is 36.4 Å². The van der Waals surface area contributed by atoms with E-state index < -0.39 is 0 Å². The van der Waals surface area contributed by atoms with Gasteiger partial charge in [0.15, 0.2) is 5.82 Å². The third-order valence-corrected chi connectivity index (χ3v) is 6.35. The molecule has 3 aliphatic heterocycles. The number of nitrogens with zero attached hydrogens (tertiary/aromatic N) is 4. The largest absolute Gasteiger partial charge is 0.337 e. The van der Waals surface area contributed by atoms with Crippen molar-refractivity contribution < 1.29 is 14.1 Å². The van der Waals surface area contributed by atoms with E-state index in [0.29, 0.717) is 30.0 Å². The normalized spacial score (nSPS) is 29.7. The standard InChI is InChI=1S/C20H31N5O3/c1-12(2)7-16-22-17(28-23-16)11-24(3)20(27)19-14-8-13(9-21-10-14)15-5-4-6-18(26)25(15)19/h12-15,19,21H,4-11H2,1-3H3/t13-,14+,15+,19-/m1/s1. The molecule has 3 saturated heterocycles. The van der Waals surface area contributed by atoms with E-state index in [0.717, 1.165) is 38.8 Å². The highest BCUT2D eigenvalue weighted by molar-refractivity contribution is 5.88. The molecule has 8 nitrogen and oxygen atoms in total. The Morgan fingerprint density at radius 3 is 2.93 bits per heavy atom. The third-order valence-electron chi connectivity index (χ3n) is 6.35. The number of carbonyl (C=O) groups excluding carboxylic acids is 2. The number of rotatable bonds is 5. The van der Waals surface area contributed by atoms with Crippen LogP contribution in [0, 0.1) is 17.8 Å². The molecule has 0 radical (unpaired) electrons. The molecule has 0 saturated carbocycles. The summed E-state index contributed by atoms with van der Waals surface area (Å²) in [5, 5.41) is 7.49. The Morgan fingerprint density at radius 1 is 1.36 bits per heavy atom. The van der Waals surface area contributed by atoms with Gasteiger partial charge in [0.25, 0.3) is 0 Å². The molecule has 3 fully saturated rings. The van der Waals surface area contributed by atoms with Crippen LogP contribution < -0.4 is 5.32 Å². The number of nitrogens with one attached hydrogen (secondary N) is 1. The van der Waals surface area contributed by atoms with E-state index in [1.807, 2.05) is 4.90 Å². The van der Waals surface area contributed by atoms with Crippen LogP contribution in [-0.4, -0.2) is 64.0 Å². The van der Waals surface area contributed by atoms with E-state index in [1.54, 1.807) is 11.9 Å². The zero-order chi connectivity index (χ0) is 19.8. The lowest BCUT2D eigenvalue weighted by Gasteiger charge is -2.54. The van der Waals surface area contributed by atoms with Gasteiger partial charge in [0.2, 0.25) is 17.7 Å². The quantitative estimate of drug-likeness (QED) is 0.814. The number of aromatic nitrogens is 2. The molecule has 0 aromatic carbocycles. The van der Waals surface area contributed by atoms with Crippen molar-refractivity contribution in [2.75, 3.05) is 20.1 Å². The average Bonchev–Trinajstić information content (AvgIpc) is 3.08. The van der Waals surface area contributed by atoms with Gasteiger partial charge < -0.3 is 19.6 Å². The van der Waals surface area contributed by atoms with Gasteiger partial charge in [-0.3, -0.25) is 9.59 Å². The van der Waals surface area contributed by atoms with Crippen molar-refractivity contribution in [3.05, 3.63) is 11.7 Å². The molecule has 2 amide bonds. The summed E-state index contributed by atoms with van der Waals surface area (Å²) >= 11 is 0. The van der Waals surface area contributed by atoms with Gasteiger partial charge in [-0.15, -0.1) is 0 Å². The van der Waals surface area contributed by atoms with Crippen LogP contribution in [0.1, 0.15) is 51.2 Å². The second-order valence-electron chi connectivity index (χ2n) is 9.02. The fourth-order valence-corrected chi connectivity index (χ4v) is 5.14. The average molecular weight is 390 g/mol. The molecule has 8 heteroatoms. The molecule has 0 unspecified atom stereocenters.